The average Bonchev–Trinajstić information content (AvgIpc) is 2.79. The second-order valence-electron chi connectivity index (χ2n) is 4.96. The van der Waals surface area contributed by atoms with E-state index in [1.807, 2.05) is 25.1 Å². The molecule has 1 aromatic heterocycles. The number of thiazole rings is 1. The Kier molecular flexibility index (Phi) is 5.62. The van der Waals surface area contributed by atoms with Gasteiger partial charge < -0.3 is 10.1 Å². The van der Waals surface area contributed by atoms with Gasteiger partial charge in [0.25, 0.3) is 0 Å². The van der Waals surface area contributed by atoms with Crippen molar-refractivity contribution in [3.05, 3.63) is 44.4 Å². The van der Waals surface area contributed by atoms with Gasteiger partial charge in [0.2, 0.25) is 0 Å². The van der Waals surface area contributed by atoms with E-state index in [1.54, 1.807) is 18.4 Å². The third kappa shape index (κ3) is 3.76. The van der Waals surface area contributed by atoms with E-state index in [4.69, 9.17) is 16.3 Å². The van der Waals surface area contributed by atoms with Gasteiger partial charge >= 0.3 is 0 Å². The van der Waals surface area contributed by atoms with Crippen LogP contribution in [0.3, 0.4) is 0 Å². The molecule has 114 valence electrons. The molecule has 1 unspecified atom stereocenters. The molecule has 0 aliphatic carbocycles. The summed E-state index contributed by atoms with van der Waals surface area (Å²) >= 11 is 7.87. The predicted octanol–water partition coefficient (Wildman–Crippen LogP) is 4.51. The number of aromatic nitrogens is 1. The highest BCUT2D eigenvalue weighted by atomic mass is 35.5. The normalized spacial score (nSPS) is 12.4. The molecule has 5 heteroatoms. The number of hydrogen-bond acceptors (Lipinski definition) is 4. The molecule has 0 amide bonds. The lowest BCUT2D eigenvalue weighted by atomic mass is 10.0. The summed E-state index contributed by atoms with van der Waals surface area (Å²) in [6, 6.07) is 6.07. The fraction of sp³-hybridized carbons (Fsp3) is 0.438. The molecule has 21 heavy (non-hydrogen) atoms. The molecule has 3 nitrogen and oxygen atoms in total. The highest BCUT2D eigenvalue weighted by molar-refractivity contribution is 7.11. The molecular weight excluding hydrogens is 304 g/mol. The zero-order chi connectivity index (χ0) is 15.4. The fourth-order valence-corrected chi connectivity index (χ4v) is 3.55. The molecule has 0 saturated carbocycles. The van der Waals surface area contributed by atoms with E-state index in [0.29, 0.717) is 10.8 Å². The van der Waals surface area contributed by atoms with Crippen LogP contribution < -0.4 is 10.1 Å². The first-order valence-electron chi connectivity index (χ1n) is 7.07. The lowest BCUT2D eigenvalue weighted by molar-refractivity contribution is 0.414. The van der Waals surface area contributed by atoms with Crippen molar-refractivity contribution in [3.63, 3.8) is 0 Å². The van der Waals surface area contributed by atoms with E-state index in [9.17, 15) is 0 Å². The second kappa shape index (κ2) is 7.25. The van der Waals surface area contributed by atoms with Crippen molar-refractivity contribution < 1.29 is 4.74 Å². The van der Waals surface area contributed by atoms with Crippen LogP contribution in [0.2, 0.25) is 5.02 Å². The molecule has 0 aliphatic rings. The molecule has 2 rings (SSSR count). The van der Waals surface area contributed by atoms with E-state index in [2.05, 4.69) is 24.1 Å². The summed E-state index contributed by atoms with van der Waals surface area (Å²) in [5.74, 6) is 0.705. The monoisotopic (exact) mass is 324 g/mol. The summed E-state index contributed by atoms with van der Waals surface area (Å²) in [7, 11) is 1.64. The van der Waals surface area contributed by atoms with Crippen LogP contribution in [0.1, 0.15) is 40.5 Å². The number of methoxy groups -OCH3 is 1. The Morgan fingerprint density at radius 1 is 1.38 bits per heavy atom. The fourth-order valence-electron chi connectivity index (χ4n) is 2.32. The van der Waals surface area contributed by atoms with Crippen LogP contribution in [0.15, 0.2) is 18.2 Å². The van der Waals surface area contributed by atoms with Crippen molar-refractivity contribution >= 4 is 22.9 Å². The number of halogens is 1. The van der Waals surface area contributed by atoms with Crippen LogP contribution in [0, 0.1) is 13.8 Å². The van der Waals surface area contributed by atoms with Gasteiger partial charge in [0.15, 0.2) is 0 Å². The molecule has 0 radical (unpaired) electrons. The number of hydrogen-bond donors (Lipinski definition) is 1. The molecule has 1 atom stereocenters. The van der Waals surface area contributed by atoms with Crippen molar-refractivity contribution in [1.29, 1.82) is 0 Å². The van der Waals surface area contributed by atoms with Gasteiger partial charge in [-0.05, 0) is 44.5 Å². The number of ether oxygens (including phenoxy) is 1. The lowest BCUT2D eigenvalue weighted by Crippen LogP contribution is -2.23. The molecular formula is C16H21ClN2OS. The Labute approximate surface area is 135 Å². The Balaban J connectivity index is 2.42. The van der Waals surface area contributed by atoms with Gasteiger partial charge in [-0.3, -0.25) is 0 Å². The van der Waals surface area contributed by atoms with Gasteiger partial charge in [-0.15, -0.1) is 11.3 Å². The third-order valence-corrected chi connectivity index (χ3v) is 4.76. The molecule has 0 saturated heterocycles. The Morgan fingerprint density at radius 2 is 2.14 bits per heavy atom. The molecule has 0 spiro atoms. The summed E-state index contributed by atoms with van der Waals surface area (Å²) in [5, 5.41) is 5.32. The highest BCUT2D eigenvalue weighted by Crippen LogP contribution is 2.34. The number of benzene rings is 1. The number of rotatable bonds is 6. The summed E-state index contributed by atoms with van der Waals surface area (Å²) in [4.78, 5) is 5.80. The van der Waals surface area contributed by atoms with Crippen LogP contribution >= 0.6 is 22.9 Å². The molecule has 0 bridgehead atoms. The molecule has 0 fully saturated rings. The van der Waals surface area contributed by atoms with Crippen LogP contribution in [0.4, 0.5) is 0 Å². The molecule has 1 N–H and O–H groups in total. The lowest BCUT2D eigenvalue weighted by Gasteiger charge is -2.19. The van der Waals surface area contributed by atoms with Crippen molar-refractivity contribution in [1.82, 2.24) is 10.3 Å². The van der Waals surface area contributed by atoms with Gasteiger partial charge in [-0.1, -0.05) is 24.6 Å². The minimum Gasteiger partial charge on any atom is -0.495 e. The Hall–Kier alpha value is -1.10. The van der Waals surface area contributed by atoms with E-state index < -0.39 is 0 Å². The summed E-state index contributed by atoms with van der Waals surface area (Å²) in [5.41, 5.74) is 2.23. The SMILES string of the molecule is CCCNC(c1ccc(Cl)c(OC)c1)c1sc(C)nc1C. The quantitative estimate of drug-likeness (QED) is 0.848. The molecule has 1 heterocycles. The molecule has 1 aromatic carbocycles. The number of aryl methyl sites for hydroxylation is 2. The van der Waals surface area contributed by atoms with E-state index in [1.165, 1.54) is 4.88 Å². The third-order valence-electron chi connectivity index (χ3n) is 3.31. The topological polar surface area (TPSA) is 34.1 Å². The van der Waals surface area contributed by atoms with E-state index in [-0.39, 0.29) is 6.04 Å². The first-order chi connectivity index (χ1) is 10.1. The largest absolute Gasteiger partial charge is 0.495 e. The van der Waals surface area contributed by atoms with Gasteiger partial charge in [0, 0.05) is 4.88 Å². The summed E-state index contributed by atoms with van der Waals surface area (Å²) in [6.07, 6.45) is 1.08. The number of nitrogens with one attached hydrogen (secondary N) is 1. The van der Waals surface area contributed by atoms with E-state index in [0.717, 1.165) is 29.2 Å². The van der Waals surface area contributed by atoms with Gasteiger partial charge in [0.05, 0.1) is 28.9 Å². The van der Waals surface area contributed by atoms with E-state index >= 15 is 0 Å². The Morgan fingerprint density at radius 3 is 2.71 bits per heavy atom. The van der Waals surface area contributed by atoms with Crippen molar-refractivity contribution in [3.8, 4) is 5.75 Å². The van der Waals surface area contributed by atoms with Crippen LogP contribution in [-0.2, 0) is 0 Å². The smallest absolute Gasteiger partial charge is 0.137 e. The average molecular weight is 325 g/mol. The van der Waals surface area contributed by atoms with Crippen LogP contribution in [-0.4, -0.2) is 18.6 Å². The van der Waals surface area contributed by atoms with Crippen LogP contribution in [0.5, 0.6) is 5.75 Å². The zero-order valence-corrected chi connectivity index (χ0v) is 14.4. The van der Waals surface area contributed by atoms with Crippen molar-refractivity contribution in [2.24, 2.45) is 0 Å². The first kappa shape index (κ1) is 16.3. The second-order valence-corrected chi connectivity index (χ2v) is 6.61. The van der Waals surface area contributed by atoms with Gasteiger partial charge in [-0.2, -0.15) is 0 Å². The standard InChI is InChI=1S/C16H21ClN2OS/c1-5-8-18-15(16-10(2)19-11(3)21-16)12-6-7-13(17)14(9-12)20-4/h6-7,9,15,18H,5,8H2,1-4H3. The van der Waals surface area contributed by atoms with Crippen molar-refractivity contribution in [2.45, 2.75) is 33.2 Å². The number of nitrogens with zero attached hydrogens (tertiary/aromatic N) is 1. The maximum atomic E-state index is 6.13. The van der Waals surface area contributed by atoms with Gasteiger partial charge in [-0.25, -0.2) is 4.98 Å². The van der Waals surface area contributed by atoms with Crippen molar-refractivity contribution in [2.75, 3.05) is 13.7 Å². The maximum Gasteiger partial charge on any atom is 0.137 e. The summed E-state index contributed by atoms with van der Waals surface area (Å²) < 4.78 is 5.34. The maximum absolute atomic E-state index is 6.13. The molecule has 0 aliphatic heterocycles. The predicted molar refractivity (Wildman–Crippen MR) is 89.7 cm³/mol. The highest BCUT2D eigenvalue weighted by Gasteiger charge is 2.20. The zero-order valence-electron chi connectivity index (χ0n) is 12.9. The van der Waals surface area contributed by atoms with Crippen LogP contribution in [0.25, 0.3) is 0 Å². The Bertz CT molecular complexity index is 612. The first-order valence-corrected chi connectivity index (χ1v) is 8.27. The minimum absolute atomic E-state index is 0.127. The molecule has 2 aromatic rings. The summed E-state index contributed by atoms with van der Waals surface area (Å²) in [6.45, 7) is 7.22. The van der Waals surface area contributed by atoms with Gasteiger partial charge in [0.1, 0.15) is 5.75 Å². The minimum atomic E-state index is 0.127.